The molecule has 0 saturated heterocycles. The molecule has 0 amide bonds. The molecule has 0 aliphatic carbocycles. The van der Waals surface area contributed by atoms with Gasteiger partial charge in [-0.05, 0) is 17.8 Å². The van der Waals surface area contributed by atoms with Gasteiger partial charge in [-0.15, -0.1) is 0 Å². The van der Waals surface area contributed by atoms with E-state index < -0.39 is 0 Å². The zero-order valence-electron chi connectivity index (χ0n) is 13.3. The largest absolute Gasteiger partial charge is 0.359 e. The summed E-state index contributed by atoms with van der Waals surface area (Å²) in [7, 11) is 0. The Morgan fingerprint density at radius 1 is 1.11 bits per heavy atom. The lowest BCUT2D eigenvalue weighted by Gasteiger charge is -2.13. The summed E-state index contributed by atoms with van der Waals surface area (Å²) in [6, 6.07) is 0. The van der Waals surface area contributed by atoms with Crippen LogP contribution in [0, 0.1) is 5.41 Å². The fourth-order valence-electron chi connectivity index (χ4n) is 2.06. The highest BCUT2D eigenvalue weighted by Gasteiger charge is 2.36. The Hall–Kier alpha value is -0.570. The third kappa shape index (κ3) is 4.79. The van der Waals surface area contributed by atoms with Crippen molar-refractivity contribution < 1.29 is 4.58 Å². The van der Waals surface area contributed by atoms with Crippen LogP contribution >= 0.6 is 11.8 Å². The van der Waals surface area contributed by atoms with Crippen molar-refractivity contribution in [3.63, 3.8) is 0 Å². The maximum absolute atomic E-state index is 4.87. The highest BCUT2D eigenvalue weighted by atomic mass is 32.2. The number of aliphatic imine (C=N–C) groups is 1. The minimum atomic E-state index is 0.0903. The molecule has 0 aromatic heterocycles. The number of allylic oxidation sites excluding steroid dienone is 1. The van der Waals surface area contributed by atoms with Crippen LogP contribution in [-0.4, -0.2) is 28.5 Å². The van der Waals surface area contributed by atoms with Gasteiger partial charge < -0.3 is 0 Å². The predicted molar refractivity (Wildman–Crippen MR) is 88.4 cm³/mol. The summed E-state index contributed by atoms with van der Waals surface area (Å²) in [5.74, 6) is 0. The third-order valence-electron chi connectivity index (χ3n) is 3.23. The first-order valence-corrected chi connectivity index (χ1v) is 8.30. The Morgan fingerprint density at radius 3 is 2.00 bits per heavy atom. The molecule has 0 spiro atoms. The molecule has 0 radical (unpaired) electrons. The molecule has 2 nitrogen and oxygen atoms in total. The fraction of sp³-hybridized carbons (Fsp3) is 0.750. The van der Waals surface area contributed by atoms with Crippen LogP contribution in [-0.2, 0) is 0 Å². The van der Waals surface area contributed by atoms with Gasteiger partial charge >= 0.3 is 5.17 Å². The molecule has 0 fully saturated rings. The minimum absolute atomic E-state index is 0.0903. The van der Waals surface area contributed by atoms with Gasteiger partial charge in [0.05, 0.1) is 18.0 Å². The standard InChI is InChI=1S/C16H29N2S/c1-7-9-11-18(12-10-8-2)15-17-14(13(3)19-15)16(4,5)6/h3,7-12H2,1-2,4-6H3/q+1. The summed E-state index contributed by atoms with van der Waals surface area (Å²) in [6.07, 6.45) is 4.94. The third-order valence-corrected chi connectivity index (χ3v) is 4.20. The molecule has 0 atom stereocenters. The molecule has 0 N–H and O–H groups in total. The first-order chi connectivity index (χ1) is 8.90. The van der Waals surface area contributed by atoms with Gasteiger partial charge in [0.2, 0.25) is 0 Å². The number of thioether (sulfide) groups is 1. The minimum Gasteiger partial charge on any atom is -0.252 e. The first-order valence-electron chi connectivity index (χ1n) is 7.48. The number of hydrogen-bond donors (Lipinski definition) is 0. The monoisotopic (exact) mass is 281 g/mol. The first kappa shape index (κ1) is 16.5. The lowest BCUT2D eigenvalue weighted by Crippen LogP contribution is -2.21. The maximum atomic E-state index is 4.87. The number of unbranched alkanes of at least 4 members (excludes halogenated alkanes) is 2. The van der Waals surface area contributed by atoms with Crippen LogP contribution in [0.4, 0.5) is 0 Å². The van der Waals surface area contributed by atoms with Gasteiger partial charge in [0.15, 0.2) is 5.71 Å². The molecule has 108 valence electrons. The van der Waals surface area contributed by atoms with E-state index >= 15 is 0 Å². The van der Waals surface area contributed by atoms with Crippen LogP contribution < -0.4 is 0 Å². The van der Waals surface area contributed by atoms with E-state index in [1.54, 1.807) is 11.8 Å². The van der Waals surface area contributed by atoms with Gasteiger partial charge in [-0.2, -0.15) is 0 Å². The van der Waals surface area contributed by atoms with E-state index in [1.807, 2.05) is 0 Å². The predicted octanol–water partition coefficient (Wildman–Crippen LogP) is 4.70. The van der Waals surface area contributed by atoms with Crippen molar-refractivity contribution in [3.05, 3.63) is 11.5 Å². The normalized spacial score (nSPS) is 15.9. The summed E-state index contributed by atoms with van der Waals surface area (Å²) in [6.45, 7) is 17.5. The van der Waals surface area contributed by atoms with E-state index in [1.165, 1.54) is 25.7 Å². The highest BCUT2D eigenvalue weighted by molar-refractivity contribution is 8.18. The van der Waals surface area contributed by atoms with Crippen molar-refractivity contribution in [3.8, 4) is 0 Å². The quantitative estimate of drug-likeness (QED) is 0.644. The van der Waals surface area contributed by atoms with E-state index in [4.69, 9.17) is 4.99 Å². The van der Waals surface area contributed by atoms with Crippen LogP contribution in [0.1, 0.15) is 60.3 Å². The summed E-state index contributed by atoms with van der Waals surface area (Å²) >= 11 is 1.75. The van der Waals surface area contributed by atoms with Crippen LogP contribution in [0.3, 0.4) is 0 Å². The van der Waals surface area contributed by atoms with Gasteiger partial charge in [-0.25, -0.2) is 0 Å². The van der Waals surface area contributed by atoms with Crippen molar-refractivity contribution in [1.82, 2.24) is 0 Å². The maximum Gasteiger partial charge on any atom is 0.359 e. The van der Waals surface area contributed by atoms with Crippen molar-refractivity contribution in [2.75, 3.05) is 13.1 Å². The molecular weight excluding hydrogens is 252 g/mol. The lowest BCUT2D eigenvalue weighted by molar-refractivity contribution is -0.527. The summed E-state index contributed by atoms with van der Waals surface area (Å²) in [5.41, 5.74) is 1.25. The van der Waals surface area contributed by atoms with Gasteiger partial charge in [0.25, 0.3) is 0 Å². The van der Waals surface area contributed by atoms with Crippen LogP contribution in [0.5, 0.6) is 0 Å². The van der Waals surface area contributed by atoms with E-state index in [0.29, 0.717) is 0 Å². The summed E-state index contributed by atoms with van der Waals surface area (Å²) in [5, 5.41) is 1.16. The van der Waals surface area contributed by atoms with Crippen molar-refractivity contribution >= 4 is 22.6 Å². The van der Waals surface area contributed by atoms with E-state index in [2.05, 4.69) is 45.8 Å². The molecule has 1 aliphatic heterocycles. The number of amidine groups is 1. The second-order valence-electron chi connectivity index (χ2n) is 6.21. The Balaban J connectivity index is 2.96. The molecule has 0 bridgehead atoms. The Morgan fingerprint density at radius 2 is 1.63 bits per heavy atom. The second-order valence-corrected chi connectivity index (χ2v) is 7.27. The van der Waals surface area contributed by atoms with E-state index in [-0.39, 0.29) is 5.41 Å². The fourth-order valence-corrected chi connectivity index (χ4v) is 3.18. The average Bonchev–Trinajstić information content (AvgIpc) is 2.71. The van der Waals surface area contributed by atoms with Gasteiger partial charge in [-0.3, -0.25) is 4.58 Å². The Bertz CT molecular complexity index is 376. The summed E-state index contributed by atoms with van der Waals surface area (Å²) in [4.78, 5) is 5.99. The molecule has 0 aromatic carbocycles. The van der Waals surface area contributed by atoms with Gasteiger partial charge in [0, 0.05) is 17.2 Å². The number of rotatable bonds is 6. The lowest BCUT2D eigenvalue weighted by atomic mass is 9.90. The Kier molecular flexibility index (Phi) is 6.31. The van der Waals surface area contributed by atoms with Gasteiger partial charge in [-0.1, -0.05) is 54.0 Å². The zero-order chi connectivity index (χ0) is 14.5. The average molecular weight is 281 g/mol. The molecule has 0 saturated carbocycles. The molecule has 1 heterocycles. The molecule has 19 heavy (non-hydrogen) atoms. The van der Waals surface area contributed by atoms with Crippen molar-refractivity contribution in [1.29, 1.82) is 0 Å². The van der Waals surface area contributed by atoms with Crippen molar-refractivity contribution in [2.45, 2.75) is 60.3 Å². The van der Waals surface area contributed by atoms with Gasteiger partial charge in [0.1, 0.15) is 0 Å². The van der Waals surface area contributed by atoms with Crippen LogP contribution in [0.25, 0.3) is 0 Å². The smallest absolute Gasteiger partial charge is 0.252 e. The van der Waals surface area contributed by atoms with E-state index in [9.17, 15) is 0 Å². The zero-order valence-corrected chi connectivity index (χ0v) is 14.1. The van der Waals surface area contributed by atoms with Crippen molar-refractivity contribution in [2.24, 2.45) is 10.4 Å². The molecular formula is C16H29N2S+. The number of hydrogen-bond acceptors (Lipinski definition) is 1. The SMILES string of the molecule is C=C1SC(=[N+](CCCC)CCCC)N=C1C(C)(C)C. The van der Waals surface area contributed by atoms with E-state index in [0.717, 1.165) is 28.9 Å². The second kappa shape index (κ2) is 7.28. The topological polar surface area (TPSA) is 15.4 Å². The summed E-state index contributed by atoms with van der Waals surface area (Å²) < 4.78 is 2.45. The Labute approximate surface area is 123 Å². The van der Waals surface area contributed by atoms with Crippen LogP contribution in [0.15, 0.2) is 16.5 Å². The molecule has 0 aromatic rings. The molecule has 0 unspecified atom stereocenters. The number of nitrogens with zero attached hydrogens (tertiary/aromatic N) is 2. The molecule has 1 aliphatic rings. The highest BCUT2D eigenvalue weighted by Crippen LogP contribution is 2.34. The molecule has 1 rings (SSSR count). The van der Waals surface area contributed by atoms with Crippen LogP contribution in [0.2, 0.25) is 0 Å². The molecule has 3 heteroatoms.